The van der Waals surface area contributed by atoms with Gasteiger partial charge in [0.2, 0.25) is 0 Å². The Morgan fingerprint density at radius 3 is 2.15 bits per heavy atom. The van der Waals surface area contributed by atoms with Crippen LogP contribution in [0.3, 0.4) is 0 Å². The van der Waals surface area contributed by atoms with Crippen LogP contribution >= 0.6 is 0 Å². The molecule has 0 aromatic heterocycles. The number of esters is 2. The van der Waals surface area contributed by atoms with E-state index in [0.717, 1.165) is 6.08 Å². The van der Waals surface area contributed by atoms with Crippen LogP contribution in [0.1, 0.15) is 17.3 Å². The van der Waals surface area contributed by atoms with E-state index in [-0.39, 0.29) is 6.61 Å². The molecule has 0 amide bonds. The number of methoxy groups -OCH3 is 1. The smallest absolute Gasteiger partial charge is 0.343 e. The minimum absolute atomic E-state index is 0.199. The van der Waals surface area contributed by atoms with E-state index < -0.39 is 18.0 Å². The fourth-order valence-electron chi connectivity index (χ4n) is 1.99. The molecule has 0 saturated heterocycles. The van der Waals surface area contributed by atoms with Crippen molar-refractivity contribution in [2.75, 3.05) is 13.7 Å². The third kappa shape index (κ3) is 5.66. The maximum atomic E-state index is 12.1. The van der Waals surface area contributed by atoms with Gasteiger partial charge in [-0.2, -0.15) is 0 Å². The highest BCUT2D eigenvalue weighted by Gasteiger charge is 2.10. The molecule has 0 radical (unpaired) electrons. The predicted molar refractivity (Wildman–Crippen MR) is 95.6 cm³/mol. The Hall–Kier alpha value is -3.28. The van der Waals surface area contributed by atoms with Gasteiger partial charge in [0.05, 0.1) is 12.7 Å². The van der Waals surface area contributed by atoms with Crippen LogP contribution in [-0.4, -0.2) is 31.8 Å². The number of ether oxygens (including phenoxy) is 4. The summed E-state index contributed by atoms with van der Waals surface area (Å²) in [4.78, 5) is 23.2. The van der Waals surface area contributed by atoms with Crippen molar-refractivity contribution in [3.8, 4) is 17.2 Å². The summed E-state index contributed by atoms with van der Waals surface area (Å²) in [5.41, 5.74) is 0.420. The first-order chi connectivity index (χ1) is 12.5. The summed E-state index contributed by atoms with van der Waals surface area (Å²) >= 11 is 0. The quantitative estimate of drug-likeness (QED) is 0.410. The monoisotopic (exact) mass is 356 g/mol. The lowest BCUT2D eigenvalue weighted by molar-refractivity contribution is -0.143. The van der Waals surface area contributed by atoms with Crippen LogP contribution in [0.2, 0.25) is 0 Å². The molecule has 2 aromatic carbocycles. The van der Waals surface area contributed by atoms with Gasteiger partial charge in [0.25, 0.3) is 0 Å². The minimum atomic E-state index is -0.498. The largest absolute Gasteiger partial charge is 0.497 e. The lowest BCUT2D eigenvalue weighted by Gasteiger charge is -2.13. The average Bonchev–Trinajstić information content (AvgIpc) is 2.67. The lowest BCUT2D eigenvalue weighted by atomic mass is 10.2. The Morgan fingerprint density at radius 2 is 1.58 bits per heavy atom. The maximum Gasteiger partial charge on any atom is 0.343 e. The molecule has 0 aliphatic carbocycles. The molecular formula is C20H20O6. The lowest BCUT2D eigenvalue weighted by Crippen LogP contribution is -2.20. The van der Waals surface area contributed by atoms with Gasteiger partial charge in [-0.1, -0.05) is 6.58 Å². The molecule has 6 heteroatoms. The summed E-state index contributed by atoms with van der Waals surface area (Å²) in [7, 11) is 1.56. The summed E-state index contributed by atoms with van der Waals surface area (Å²) < 4.78 is 20.9. The normalized spacial score (nSPS) is 11.2. The Labute approximate surface area is 151 Å². The van der Waals surface area contributed by atoms with Gasteiger partial charge in [-0.05, 0) is 55.5 Å². The number of benzene rings is 2. The number of carbonyl (C=O) groups is 2. The van der Waals surface area contributed by atoms with E-state index in [4.69, 9.17) is 18.9 Å². The van der Waals surface area contributed by atoms with E-state index in [9.17, 15) is 9.59 Å². The summed E-state index contributed by atoms with van der Waals surface area (Å²) in [6, 6.07) is 13.2. The Bertz CT molecular complexity index is 749. The highest BCUT2D eigenvalue weighted by Crippen LogP contribution is 2.20. The van der Waals surface area contributed by atoms with Gasteiger partial charge in [-0.3, -0.25) is 0 Å². The predicted octanol–water partition coefficient (Wildman–Crippen LogP) is 3.41. The van der Waals surface area contributed by atoms with Gasteiger partial charge >= 0.3 is 11.9 Å². The topological polar surface area (TPSA) is 71.1 Å². The molecule has 2 aromatic rings. The van der Waals surface area contributed by atoms with Crippen LogP contribution in [0, 0.1) is 0 Å². The van der Waals surface area contributed by atoms with Gasteiger partial charge in [0, 0.05) is 6.08 Å². The van der Waals surface area contributed by atoms with Crippen LogP contribution in [-0.2, 0) is 9.53 Å². The zero-order chi connectivity index (χ0) is 18.9. The molecule has 0 heterocycles. The molecule has 0 aliphatic rings. The molecule has 0 aliphatic heterocycles. The van der Waals surface area contributed by atoms with E-state index in [2.05, 4.69) is 6.58 Å². The second-order valence-electron chi connectivity index (χ2n) is 5.35. The molecule has 26 heavy (non-hydrogen) atoms. The summed E-state index contributed by atoms with van der Waals surface area (Å²) in [5, 5.41) is 0. The first kappa shape index (κ1) is 19.1. The molecule has 1 atom stereocenters. The van der Waals surface area contributed by atoms with E-state index in [1.165, 1.54) is 0 Å². The van der Waals surface area contributed by atoms with Crippen LogP contribution in [0.15, 0.2) is 61.2 Å². The van der Waals surface area contributed by atoms with Crippen molar-refractivity contribution in [3.63, 3.8) is 0 Å². The second-order valence-corrected chi connectivity index (χ2v) is 5.35. The first-order valence-corrected chi connectivity index (χ1v) is 7.94. The van der Waals surface area contributed by atoms with Crippen molar-refractivity contribution in [3.05, 3.63) is 66.7 Å². The molecule has 136 valence electrons. The van der Waals surface area contributed by atoms with Crippen molar-refractivity contribution in [1.29, 1.82) is 0 Å². The molecule has 0 saturated carbocycles. The Morgan fingerprint density at radius 1 is 1.00 bits per heavy atom. The Kier molecular flexibility index (Phi) is 6.79. The third-order valence-corrected chi connectivity index (χ3v) is 3.33. The standard InChI is InChI=1S/C20H20O6/c1-4-19(21)25-14(2)13-24-17-9-11-18(12-10-17)26-20(22)15-5-7-16(23-3)8-6-15/h4-12,14H,1,13H2,2-3H3. The highest BCUT2D eigenvalue weighted by atomic mass is 16.6. The number of rotatable bonds is 8. The fourth-order valence-corrected chi connectivity index (χ4v) is 1.99. The number of carbonyl (C=O) groups excluding carboxylic acids is 2. The van der Waals surface area contributed by atoms with Crippen LogP contribution < -0.4 is 14.2 Å². The van der Waals surface area contributed by atoms with Gasteiger partial charge in [0.1, 0.15) is 30.0 Å². The van der Waals surface area contributed by atoms with E-state index >= 15 is 0 Å². The summed E-state index contributed by atoms with van der Waals surface area (Å²) in [5.74, 6) is 0.657. The van der Waals surface area contributed by atoms with Gasteiger partial charge in [-0.15, -0.1) is 0 Å². The zero-order valence-corrected chi connectivity index (χ0v) is 14.6. The molecule has 0 bridgehead atoms. The van der Waals surface area contributed by atoms with Crippen molar-refractivity contribution in [2.45, 2.75) is 13.0 Å². The molecule has 2 rings (SSSR count). The average molecular weight is 356 g/mol. The van der Waals surface area contributed by atoms with Gasteiger partial charge < -0.3 is 18.9 Å². The van der Waals surface area contributed by atoms with E-state index in [1.54, 1.807) is 62.6 Å². The zero-order valence-electron chi connectivity index (χ0n) is 14.6. The summed E-state index contributed by atoms with van der Waals surface area (Å²) in [6.07, 6.45) is 0.690. The van der Waals surface area contributed by atoms with E-state index in [0.29, 0.717) is 22.8 Å². The molecule has 0 N–H and O–H groups in total. The fraction of sp³-hybridized carbons (Fsp3) is 0.200. The SMILES string of the molecule is C=CC(=O)OC(C)COc1ccc(OC(=O)c2ccc(OC)cc2)cc1. The third-order valence-electron chi connectivity index (χ3n) is 3.33. The van der Waals surface area contributed by atoms with Gasteiger partial charge in [-0.25, -0.2) is 9.59 Å². The van der Waals surface area contributed by atoms with Crippen LogP contribution in [0.25, 0.3) is 0 Å². The van der Waals surface area contributed by atoms with Crippen molar-refractivity contribution >= 4 is 11.9 Å². The van der Waals surface area contributed by atoms with Crippen molar-refractivity contribution in [2.24, 2.45) is 0 Å². The van der Waals surface area contributed by atoms with E-state index in [1.807, 2.05) is 0 Å². The summed E-state index contributed by atoms with van der Waals surface area (Å²) in [6.45, 7) is 5.25. The second kappa shape index (κ2) is 9.27. The highest BCUT2D eigenvalue weighted by molar-refractivity contribution is 5.91. The molecule has 0 fully saturated rings. The minimum Gasteiger partial charge on any atom is -0.497 e. The molecule has 0 spiro atoms. The first-order valence-electron chi connectivity index (χ1n) is 7.94. The maximum absolute atomic E-state index is 12.1. The molecule has 1 unspecified atom stereocenters. The van der Waals surface area contributed by atoms with Crippen LogP contribution in [0.5, 0.6) is 17.2 Å². The number of hydrogen-bond donors (Lipinski definition) is 0. The Balaban J connectivity index is 1.87. The number of hydrogen-bond acceptors (Lipinski definition) is 6. The van der Waals surface area contributed by atoms with Crippen LogP contribution in [0.4, 0.5) is 0 Å². The van der Waals surface area contributed by atoms with Crippen molar-refractivity contribution in [1.82, 2.24) is 0 Å². The van der Waals surface area contributed by atoms with Gasteiger partial charge in [0.15, 0.2) is 0 Å². The molecule has 6 nitrogen and oxygen atoms in total. The molecular weight excluding hydrogens is 336 g/mol. The van der Waals surface area contributed by atoms with Crippen molar-refractivity contribution < 1.29 is 28.5 Å².